The molecule has 1 aromatic carbocycles. The Morgan fingerprint density at radius 2 is 1.85 bits per heavy atom. The first-order valence-corrected chi connectivity index (χ1v) is 8.31. The van der Waals surface area contributed by atoms with Crippen molar-refractivity contribution in [1.82, 2.24) is 4.72 Å². The average Bonchev–Trinajstić information content (AvgIpc) is 2.46. The monoisotopic (exact) mass is 299 g/mol. The van der Waals surface area contributed by atoms with Crippen LogP contribution in [0, 0.1) is 5.82 Å². The van der Waals surface area contributed by atoms with Crippen LogP contribution in [-0.4, -0.2) is 26.0 Å². The molecule has 2 rings (SSSR count). The molecule has 1 saturated carbocycles. The van der Waals surface area contributed by atoms with Gasteiger partial charge in [-0.1, -0.05) is 31.4 Å². The first kappa shape index (κ1) is 15.1. The topological polar surface area (TPSA) is 63.2 Å². The highest BCUT2D eigenvalue weighted by Crippen LogP contribution is 2.23. The fraction of sp³-hybridized carbons (Fsp3) is 0.500. The summed E-state index contributed by atoms with van der Waals surface area (Å²) < 4.78 is 39.8. The Morgan fingerprint density at radius 3 is 2.50 bits per heavy atom. The summed E-state index contributed by atoms with van der Waals surface area (Å²) in [6, 6.07) is 5.57. The van der Waals surface area contributed by atoms with Crippen LogP contribution in [0.5, 0.6) is 0 Å². The molecule has 0 spiro atoms. The van der Waals surface area contributed by atoms with Gasteiger partial charge in [-0.2, -0.15) is 0 Å². The molecule has 1 aromatic rings. The van der Waals surface area contributed by atoms with Gasteiger partial charge < -0.3 is 0 Å². The first-order valence-electron chi connectivity index (χ1n) is 6.77. The third-order valence-electron chi connectivity index (χ3n) is 3.60. The quantitative estimate of drug-likeness (QED) is 0.848. The van der Waals surface area contributed by atoms with Gasteiger partial charge in [0.2, 0.25) is 10.0 Å². The van der Waals surface area contributed by atoms with Crippen molar-refractivity contribution in [2.45, 2.75) is 37.4 Å². The summed E-state index contributed by atoms with van der Waals surface area (Å²) in [5.41, 5.74) is -0.0844. The molecule has 0 heterocycles. The van der Waals surface area contributed by atoms with E-state index in [1.807, 2.05) is 0 Å². The van der Waals surface area contributed by atoms with Crippen molar-refractivity contribution in [3.63, 3.8) is 0 Å². The number of halogens is 1. The first-order chi connectivity index (χ1) is 9.50. The zero-order chi connectivity index (χ0) is 14.6. The minimum Gasteiger partial charge on any atom is -0.293 e. The van der Waals surface area contributed by atoms with Crippen LogP contribution in [0.1, 0.15) is 42.5 Å². The molecule has 0 unspecified atom stereocenters. The molecule has 0 aliphatic heterocycles. The average molecular weight is 299 g/mol. The van der Waals surface area contributed by atoms with Crippen molar-refractivity contribution in [3.8, 4) is 0 Å². The standard InChI is InChI=1S/C14H18FNO3S/c15-13-9-5-4-8-12(13)14(17)10-16-20(18,19)11-6-2-1-3-7-11/h4-5,8-9,11,16H,1-3,6-7,10H2. The Morgan fingerprint density at radius 1 is 1.20 bits per heavy atom. The smallest absolute Gasteiger partial charge is 0.214 e. The van der Waals surface area contributed by atoms with Crippen LogP contribution in [0.3, 0.4) is 0 Å². The van der Waals surface area contributed by atoms with Crippen LogP contribution in [0.15, 0.2) is 24.3 Å². The third kappa shape index (κ3) is 3.64. The number of hydrogen-bond acceptors (Lipinski definition) is 3. The highest BCUT2D eigenvalue weighted by atomic mass is 32.2. The van der Waals surface area contributed by atoms with Crippen molar-refractivity contribution >= 4 is 15.8 Å². The summed E-state index contributed by atoms with van der Waals surface area (Å²) in [5, 5.41) is -0.426. The number of hydrogen-bond donors (Lipinski definition) is 1. The Hall–Kier alpha value is -1.27. The van der Waals surface area contributed by atoms with Crippen LogP contribution in [0.25, 0.3) is 0 Å². The van der Waals surface area contributed by atoms with Crippen molar-refractivity contribution < 1.29 is 17.6 Å². The lowest BCUT2D eigenvalue weighted by molar-refractivity contribution is 0.0993. The fourth-order valence-corrected chi connectivity index (χ4v) is 3.96. The maximum Gasteiger partial charge on any atom is 0.214 e. The number of nitrogens with one attached hydrogen (secondary N) is 1. The Balaban J connectivity index is 1.97. The minimum atomic E-state index is -3.49. The van der Waals surface area contributed by atoms with Crippen LogP contribution in [0.2, 0.25) is 0 Å². The molecule has 1 N–H and O–H groups in total. The van der Waals surface area contributed by atoms with Crippen LogP contribution < -0.4 is 4.72 Å². The van der Waals surface area contributed by atoms with Crippen LogP contribution >= 0.6 is 0 Å². The third-order valence-corrected chi connectivity index (χ3v) is 5.49. The Bertz CT molecular complexity index is 580. The molecular formula is C14H18FNO3S. The maximum atomic E-state index is 13.4. The molecule has 0 radical (unpaired) electrons. The molecule has 4 nitrogen and oxygen atoms in total. The summed E-state index contributed by atoms with van der Waals surface area (Å²) >= 11 is 0. The largest absolute Gasteiger partial charge is 0.293 e. The van der Waals surface area contributed by atoms with E-state index in [0.29, 0.717) is 12.8 Å². The van der Waals surface area contributed by atoms with Gasteiger partial charge in [0.15, 0.2) is 5.78 Å². The van der Waals surface area contributed by atoms with Gasteiger partial charge in [-0.05, 0) is 25.0 Å². The molecule has 0 amide bonds. The molecule has 0 saturated heterocycles. The van der Waals surface area contributed by atoms with Gasteiger partial charge >= 0.3 is 0 Å². The van der Waals surface area contributed by atoms with E-state index in [1.54, 1.807) is 6.07 Å². The van der Waals surface area contributed by atoms with E-state index >= 15 is 0 Å². The van der Waals surface area contributed by atoms with Gasteiger partial charge in [-0.3, -0.25) is 4.79 Å². The normalized spacial score (nSPS) is 17.1. The van der Waals surface area contributed by atoms with E-state index in [2.05, 4.69) is 4.72 Å². The van der Waals surface area contributed by atoms with Gasteiger partial charge in [0.25, 0.3) is 0 Å². The van der Waals surface area contributed by atoms with Crippen molar-refractivity contribution in [3.05, 3.63) is 35.6 Å². The number of Topliss-reactive ketones (excluding diaryl/α,β-unsaturated/α-hetero) is 1. The number of rotatable bonds is 5. The summed E-state index contributed by atoms with van der Waals surface area (Å²) in [6.45, 7) is -0.389. The Labute approximate surface area is 118 Å². The zero-order valence-corrected chi connectivity index (χ0v) is 12.0. The molecule has 1 aliphatic carbocycles. The lowest BCUT2D eigenvalue weighted by atomic mass is 10.0. The fourth-order valence-electron chi connectivity index (χ4n) is 2.44. The van der Waals surface area contributed by atoms with Gasteiger partial charge in [-0.15, -0.1) is 0 Å². The van der Waals surface area contributed by atoms with Crippen LogP contribution in [0.4, 0.5) is 4.39 Å². The summed E-state index contributed by atoms with van der Waals surface area (Å²) in [7, 11) is -3.49. The van der Waals surface area contributed by atoms with Gasteiger partial charge in [0.05, 0.1) is 17.4 Å². The van der Waals surface area contributed by atoms with E-state index in [1.165, 1.54) is 18.2 Å². The maximum absolute atomic E-state index is 13.4. The van der Waals surface area contributed by atoms with Gasteiger partial charge in [-0.25, -0.2) is 17.5 Å². The zero-order valence-electron chi connectivity index (χ0n) is 11.1. The Kier molecular flexibility index (Phi) is 4.88. The second-order valence-corrected chi connectivity index (χ2v) is 7.07. The number of carbonyl (C=O) groups is 1. The SMILES string of the molecule is O=C(CNS(=O)(=O)C1CCCCC1)c1ccccc1F. The molecule has 0 atom stereocenters. The molecular weight excluding hydrogens is 281 g/mol. The predicted molar refractivity (Wildman–Crippen MR) is 74.5 cm³/mol. The highest BCUT2D eigenvalue weighted by molar-refractivity contribution is 7.90. The molecule has 0 bridgehead atoms. The van der Waals surface area contributed by atoms with Crippen molar-refractivity contribution in [2.24, 2.45) is 0 Å². The van der Waals surface area contributed by atoms with Crippen molar-refractivity contribution in [1.29, 1.82) is 0 Å². The summed E-state index contributed by atoms with van der Waals surface area (Å²) in [5.74, 6) is -1.18. The predicted octanol–water partition coefficient (Wildman–Crippen LogP) is 2.26. The van der Waals surface area contributed by atoms with E-state index < -0.39 is 26.9 Å². The van der Waals surface area contributed by atoms with E-state index in [4.69, 9.17) is 0 Å². The summed E-state index contributed by atoms with van der Waals surface area (Å²) in [6.07, 6.45) is 4.10. The minimum absolute atomic E-state index is 0.0844. The van der Waals surface area contributed by atoms with E-state index in [-0.39, 0.29) is 12.1 Å². The number of carbonyl (C=O) groups excluding carboxylic acids is 1. The molecule has 1 fully saturated rings. The second-order valence-electron chi connectivity index (χ2n) is 5.03. The lowest BCUT2D eigenvalue weighted by Crippen LogP contribution is -2.38. The van der Waals surface area contributed by atoms with Crippen molar-refractivity contribution in [2.75, 3.05) is 6.54 Å². The molecule has 20 heavy (non-hydrogen) atoms. The van der Waals surface area contributed by atoms with E-state index in [9.17, 15) is 17.6 Å². The number of sulfonamides is 1. The van der Waals surface area contributed by atoms with Crippen LogP contribution in [-0.2, 0) is 10.0 Å². The second kappa shape index (κ2) is 6.45. The number of benzene rings is 1. The van der Waals surface area contributed by atoms with Gasteiger partial charge in [0.1, 0.15) is 5.82 Å². The highest BCUT2D eigenvalue weighted by Gasteiger charge is 2.27. The summed E-state index contributed by atoms with van der Waals surface area (Å²) in [4.78, 5) is 11.8. The molecule has 110 valence electrons. The van der Waals surface area contributed by atoms with E-state index in [0.717, 1.165) is 19.3 Å². The lowest BCUT2D eigenvalue weighted by Gasteiger charge is -2.21. The molecule has 6 heteroatoms. The van der Waals surface area contributed by atoms with Gasteiger partial charge in [0, 0.05) is 0 Å². The molecule has 0 aromatic heterocycles. The number of ketones is 1. The molecule has 1 aliphatic rings.